The lowest BCUT2D eigenvalue weighted by Crippen LogP contribution is -2.20. The Bertz CT molecular complexity index is 633. The van der Waals surface area contributed by atoms with E-state index in [0.29, 0.717) is 18.2 Å². The molecule has 4 heteroatoms. The summed E-state index contributed by atoms with van der Waals surface area (Å²) in [6.45, 7) is 3.06. The van der Waals surface area contributed by atoms with E-state index in [1.807, 2.05) is 43.3 Å². The predicted octanol–water partition coefficient (Wildman–Crippen LogP) is 4.07. The summed E-state index contributed by atoms with van der Waals surface area (Å²) in [4.78, 5) is 11.8. The lowest BCUT2D eigenvalue weighted by molar-refractivity contribution is -0.116. The van der Waals surface area contributed by atoms with E-state index in [2.05, 4.69) is 5.32 Å². The number of halogens is 1. The molecule has 0 radical (unpaired) electrons. The SMILES string of the molecule is CCOc1ccc(/C=C/C(=O)NCc2ccc(Cl)cc2)cc1. The van der Waals surface area contributed by atoms with Crippen LogP contribution in [0.4, 0.5) is 0 Å². The third kappa shape index (κ3) is 5.26. The third-order valence-electron chi connectivity index (χ3n) is 3.00. The minimum Gasteiger partial charge on any atom is -0.494 e. The number of hydrogen-bond acceptors (Lipinski definition) is 2. The van der Waals surface area contributed by atoms with Crippen molar-refractivity contribution >= 4 is 23.6 Å². The second kappa shape index (κ2) is 8.25. The molecular weight excluding hydrogens is 298 g/mol. The molecule has 0 spiro atoms. The summed E-state index contributed by atoms with van der Waals surface area (Å²) in [5, 5.41) is 3.51. The quantitative estimate of drug-likeness (QED) is 0.816. The summed E-state index contributed by atoms with van der Waals surface area (Å²) >= 11 is 5.82. The molecule has 0 unspecified atom stereocenters. The molecule has 0 aliphatic rings. The average Bonchev–Trinajstić information content (AvgIpc) is 2.54. The first-order valence-corrected chi connectivity index (χ1v) is 7.48. The van der Waals surface area contributed by atoms with Crippen LogP contribution in [0.5, 0.6) is 5.75 Å². The van der Waals surface area contributed by atoms with E-state index in [1.54, 1.807) is 18.2 Å². The Balaban J connectivity index is 1.84. The van der Waals surface area contributed by atoms with E-state index in [9.17, 15) is 4.79 Å². The Morgan fingerprint density at radius 1 is 1.14 bits per heavy atom. The summed E-state index contributed by atoms with van der Waals surface area (Å²) in [5.74, 6) is 0.690. The normalized spacial score (nSPS) is 10.6. The van der Waals surface area contributed by atoms with E-state index in [4.69, 9.17) is 16.3 Å². The van der Waals surface area contributed by atoms with Gasteiger partial charge in [0, 0.05) is 17.6 Å². The zero-order valence-corrected chi connectivity index (χ0v) is 13.1. The number of benzene rings is 2. The van der Waals surface area contributed by atoms with Crippen molar-refractivity contribution in [3.8, 4) is 5.75 Å². The van der Waals surface area contributed by atoms with Crippen LogP contribution >= 0.6 is 11.6 Å². The summed E-state index contributed by atoms with van der Waals surface area (Å²) in [7, 11) is 0. The highest BCUT2D eigenvalue weighted by atomic mass is 35.5. The highest BCUT2D eigenvalue weighted by Gasteiger charge is 1.98. The maximum absolute atomic E-state index is 11.8. The van der Waals surface area contributed by atoms with Crippen molar-refractivity contribution in [3.63, 3.8) is 0 Å². The van der Waals surface area contributed by atoms with Gasteiger partial charge < -0.3 is 10.1 Å². The zero-order valence-electron chi connectivity index (χ0n) is 12.4. The van der Waals surface area contributed by atoms with Gasteiger partial charge in [-0.25, -0.2) is 0 Å². The third-order valence-corrected chi connectivity index (χ3v) is 3.25. The van der Waals surface area contributed by atoms with Gasteiger partial charge in [-0.3, -0.25) is 4.79 Å². The van der Waals surface area contributed by atoms with Crippen molar-refractivity contribution in [2.45, 2.75) is 13.5 Å². The van der Waals surface area contributed by atoms with Crippen LogP contribution in [-0.4, -0.2) is 12.5 Å². The van der Waals surface area contributed by atoms with Gasteiger partial charge in [0.2, 0.25) is 5.91 Å². The zero-order chi connectivity index (χ0) is 15.8. The smallest absolute Gasteiger partial charge is 0.244 e. The number of rotatable bonds is 6. The molecule has 2 aromatic rings. The van der Waals surface area contributed by atoms with Gasteiger partial charge in [-0.2, -0.15) is 0 Å². The molecule has 0 saturated carbocycles. The molecule has 0 heterocycles. The number of nitrogens with one attached hydrogen (secondary N) is 1. The maximum atomic E-state index is 11.8. The lowest BCUT2D eigenvalue weighted by Gasteiger charge is -2.03. The van der Waals surface area contributed by atoms with Gasteiger partial charge in [-0.05, 0) is 48.4 Å². The molecule has 0 fully saturated rings. The first-order valence-electron chi connectivity index (χ1n) is 7.10. The fraction of sp³-hybridized carbons (Fsp3) is 0.167. The van der Waals surface area contributed by atoms with Crippen molar-refractivity contribution in [1.82, 2.24) is 5.32 Å². The minimum absolute atomic E-state index is 0.135. The molecule has 0 bridgehead atoms. The van der Waals surface area contributed by atoms with Crippen molar-refractivity contribution in [2.75, 3.05) is 6.61 Å². The van der Waals surface area contributed by atoms with Crippen molar-refractivity contribution in [3.05, 3.63) is 70.8 Å². The van der Waals surface area contributed by atoms with Crippen LogP contribution < -0.4 is 10.1 Å². The van der Waals surface area contributed by atoms with E-state index in [-0.39, 0.29) is 5.91 Å². The van der Waals surface area contributed by atoms with Crippen LogP contribution in [0, 0.1) is 0 Å². The molecule has 1 N–H and O–H groups in total. The Hall–Kier alpha value is -2.26. The molecule has 0 aliphatic carbocycles. The molecule has 2 rings (SSSR count). The van der Waals surface area contributed by atoms with Crippen LogP contribution in [0.3, 0.4) is 0 Å². The van der Waals surface area contributed by atoms with Crippen molar-refractivity contribution < 1.29 is 9.53 Å². The van der Waals surface area contributed by atoms with Crippen LogP contribution in [0.15, 0.2) is 54.6 Å². The molecule has 3 nitrogen and oxygen atoms in total. The van der Waals surface area contributed by atoms with E-state index in [1.165, 1.54) is 6.08 Å². The molecule has 22 heavy (non-hydrogen) atoms. The van der Waals surface area contributed by atoms with Gasteiger partial charge in [0.15, 0.2) is 0 Å². The predicted molar refractivity (Wildman–Crippen MR) is 89.9 cm³/mol. The summed E-state index contributed by atoms with van der Waals surface area (Å²) < 4.78 is 5.37. The lowest BCUT2D eigenvalue weighted by atomic mass is 10.2. The van der Waals surface area contributed by atoms with E-state index in [0.717, 1.165) is 16.9 Å². The Morgan fingerprint density at radius 2 is 1.82 bits per heavy atom. The Labute approximate surface area is 135 Å². The highest BCUT2D eigenvalue weighted by Crippen LogP contribution is 2.13. The molecule has 0 saturated heterocycles. The fourth-order valence-corrected chi connectivity index (χ4v) is 1.99. The first kappa shape index (κ1) is 16.1. The van der Waals surface area contributed by atoms with Gasteiger partial charge in [-0.1, -0.05) is 35.9 Å². The average molecular weight is 316 g/mol. The first-order chi connectivity index (χ1) is 10.7. The summed E-state index contributed by atoms with van der Waals surface area (Å²) in [6.07, 6.45) is 3.29. The van der Waals surface area contributed by atoms with Gasteiger partial charge in [0.1, 0.15) is 5.75 Å². The second-order valence-corrected chi connectivity index (χ2v) is 5.12. The van der Waals surface area contributed by atoms with Crippen molar-refractivity contribution in [2.24, 2.45) is 0 Å². The molecule has 1 amide bonds. The molecule has 114 valence electrons. The van der Waals surface area contributed by atoms with Crippen LogP contribution in [0.25, 0.3) is 6.08 Å². The molecule has 2 aromatic carbocycles. The Kier molecular flexibility index (Phi) is 6.04. The number of carbonyl (C=O) groups is 1. The fourth-order valence-electron chi connectivity index (χ4n) is 1.86. The van der Waals surface area contributed by atoms with Gasteiger partial charge >= 0.3 is 0 Å². The number of ether oxygens (including phenoxy) is 1. The van der Waals surface area contributed by atoms with E-state index >= 15 is 0 Å². The number of hydrogen-bond donors (Lipinski definition) is 1. The second-order valence-electron chi connectivity index (χ2n) is 4.68. The maximum Gasteiger partial charge on any atom is 0.244 e. The molecular formula is C18H18ClNO2. The van der Waals surface area contributed by atoms with E-state index < -0.39 is 0 Å². The minimum atomic E-state index is -0.135. The number of amides is 1. The van der Waals surface area contributed by atoms with Crippen molar-refractivity contribution in [1.29, 1.82) is 0 Å². The largest absolute Gasteiger partial charge is 0.494 e. The monoisotopic (exact) mass is 315 g/mol. The van der Waals surface area contributed by atoms with Gasteiger partial charge in [0.05, 0.1) is 6.61 Å². The highest BCUT2D eigenvalue weighted by molar-refractivity contribution is 6.30. The van der Waals surface area contributed by atoms with Crippen LogP contribution in [0.2, 0.25) is 5.02 Å². The van der Waals surface area contributed by atoms with Gasteiger partial charge in [0.25, 0.3) is 0 Å². The Morgan fingerprint density at radius 3 is 2.45 bits per heavy atom. The summed E-state index contributed by atoms with van der Waals surface area (Å²) in [5.41, 5.74) is 1.96. The molecule has 0 atom stereocenters. The topological polar surface area (TPSA) is 38.3 Å². The molecule has 0 aromatic heterocycles. The standard InChI is InChI=1S/C18H18ClNO2/c1-2-22-17-10-5-14(6-11-17)7-12-18(21)20-13-15-3-8-16(19)9-4-15/h3-12H,2,13H2,1H3,(H,20,21)/b12-7+. The summed E-state index contributed by atoms with van der Waals surface area (Å²) in [6, 6.07) is 15.0. The van der Waals surface area contributed by atoms with Crippen LogP contribution in [0.1, 0.15) is 18.1 Å². The van der Waals surface area contributed by atoms with Crippen LogP contribution in [-0.2, 0) is 11.3 Å². The van der Waals surface area contributed by atoms with Gasteiger partial charge in [-0.15, -0.1) is 0 Å². The molecule has 0 aliphatic heterocycles. The number of carbonyl (C=O) groups excluding carboxylic acids is 1.